The molecule has 3 aromatic rings. The fraction of sp³-hybridized carbons (Fsp3) is 0.350. The van der Waals surface area contributed by atoms with Crippen molar-refractivity contribution in [1.82, 2.24) is 20.2 Å². The van der Waals surface area contributed by atoms with Gasteiger partial charge in [0.1, 0.15) is 11.6 Å². The van der Waals surface area contributed by atoms with Gasteiger partial charge in [-0.15, -0.1) is 0 Å². The van der Waals surface area contributed by atoms with E-state index in [1.165, 1.54) is 19.3 Å². The van der Waals surface area contributed by atoms with E-state index in [-0.39, 0.29) is 0 Å². The lowest BCUT2D eigenvalue weighted by Crippen LogP contribution is -2.31. The SMILES string of the molecule is Cc1cc(Nc2nc(Sc3ccccc3)nc(N3CCCCC3)c2C)n[nH]1. The maximum Gasteiger partial charge on any atom is 0.196 e. The molecular formula is C20H24N6S. The van der Waals surface area contributed by atoms with Gasteiger partial charge in [-0.2, -0.15) is 5.10 Å². The van der Waals surface area contributed by atoms with E-state index in [1.54, 1.807) is 11.8 Å². The van der Waals surface area contributed by atoms with Gasteiger partial charge < -0.3 is 10.2 Å². The number of aromatic amines is 1. The second-order valence-electron chi connectivity index (χ2n) is 6.83. The Morgan fingerprint density at radius 3 is 2.52 bits per heavy atom. The van der Waals surface area contributed by atoms with E-state index in [9.17, 15) is 0 Å². The zero-order chi connectivity index (χ0) is 18.6. The van der Waals surface area contributed by atoms with E-state index in [0.29, 0.717) is 0 Å². The molecule has 0 aliphatic carbocycles. The normalized spacial score (nSPS) is 14.4. The summed E-state index contributed by atoms with van der Waals surface area (Å²) in [5, 5.41) is 11.4. The Morgan fingerprint density at radius 2 is 1.81 bits per heavy atom. The fourth-order valence-electron chi connectivity index (χ4n) is 3.26. The molecular weight excluding hydrogens is 356 g/mol. The number of aromatic nitrogens is 4. The number of anilines is 3. The first-order chi connectivity index (χ1) is 13.2. The van der Waals surface area contributed by atoms with Crippen LogP contribution in [-0.4, -0.2) is 33.3 Å². The van der Waals surface area contributed by atoms with Crippen LogP contribution in [0.2, 0.25) is 0 Å². The Balaban J connectivity index is 1.70. The summed E-state index contributed by atoms with van der Waals surface area (Å²) in [6, 6.07) is 12.2. The van der Waals surface area contributed by atoms with Crippen molar-refractivity contribution in [2.75, 3.05) is 23.3 Å². The summed E-state index contributed by atoms with van der Waals surface area (Å²) in [6.45, 7) is 6.17. The largest absolute Gasteiger partial charge is 0.356 e. The molecule has 0 bridgehead atoms. The number of H-pyrrole nitrogens is 1. The Bertz CT molecular complexity index is 902. The molecule has 6 nitrogen and oxygen atoms in total. The second kappa shape index (κ2) is 8.00. The molecule has 1 fully saturated rings. The molecule has 1 aromatic carbocycles. The van der Waals surface area contributed by atoms with Crippen LogP contribution in [0.3, 0.4) is 0 Å². The van der Waals surface area contributed by atoms with E-state index in [4.69, 9.17) is 9.97 Å². The lowest BCUT2D eigenvalue weighted by molar-refractivity contribution is 0.570. The van der Waals surface area contributed by atoms with E-state index in [1.807, 2.05) is 31.2 Å². The van der Waals surface area contributed by atoms with Crippen molar-refractivity contribution in [3.05, 3.63) is 47.7 Å². The smallest absolute Gasteiger partial charge is 0.196 e. The first kappa shape index (κ1) is 17.9. The summed E-state index contributed by atoms with van der Waals surface area (Å²) in [5.41, 5.74) is 2.08. The van der Waals surface area contributed by atoms with Crippen molar-refractivity contribution >= 4 is 29.2 Å². The molecule has 0 spiro atoms. The van der Waals surface area contributed by atoms with Gasteiger partial charge in [0.05, 0.1) is 0 Å². The highest BCUT2D eigenvalue weighted by Gasteiger charge is 2.19. The summed E-state index contributed by atoms with van der Waals surface area (Å²) in [4.78, 5) is 13.2. The minimum absolute atomic E-state index is 0.752. The van der Waals surface area contributed by atoms with Gasteiger partial charge in [-0.05, 0) is 57.0 Å². The lowest BCUT2D eigenvalue weighted by atomic mass is 10.1. The van der Waals surface area contributed by atoms with Gasteiger partial charge >= 0.3 is 0 Å². The second-order valence-corrected chi connectivity index (χ2v) is 7.87. The third kappa shape index (κ3) is 4.24. The molecule has 0 radical (unpaired) electrons. The zero-order valence-electron chi connectivity index (χ0n) is 15.7. The van der Waals surface area contributed by atoms with Crippen molar-refractivity contribution in [1.29, 1.82) is 0 Å². The average molecular weight is 381 g/mol. The predicted octanol–water partition coefficient (Wildman–Crippen LogP) is 4.70. The lowest BCUT2D eigenvalue weighted by Gasteiger charge is -2.29. The van der Waals surface area contributed by atoms with Crippen molar-refractivity contribution < 1.29 is 0 Å². The van der Waals surface area contributed by atoms with Crippen molar-refractivity contribution in [2.24, 2.45) is 0 Å². The summed E-state index contributed by atoms with van der Waals surface area (Å²) < 4.78 is 0. The number of nitrogens with zero attached hydrogens (tertiary/aromatic N) is 4. The average Bonchev–Trinajstić information content (AvgIpc) is 3.10. The molecule has 27 heavy (non-hydrogen) atoms. The van der Waals surface area contributed by atoms with Crippen molar-refractivity contribution in [3.8, 4) is 0 Å². The standard InChI is InChI=1S/C20H24N6S/c1-14-13-17(25-24-14)21-18-15(2)19(26-11-7-4-8-12-26)23-20(22-18)27-16-9-5-3-6-10-16/h3,5-6,9-10,13H,4,7-8,11-12H2,1-2H3,(H2,21,22,23,24,25). The molecule has 140 valence electrons. The van der Waals surface area contributed by atoms with Crippen LogP contribution < -0.4 is 10.2 Å². The van der Waals surface area contributed by atoms with Crippen LogP contribution in [0.25, 0.3) is 0 Å². The molecule has 3 heterocycles. The van der Waals surface area contributed by atoms with Gasteiger partial charge in [-0.25, -0.2) is 9.97 Å². The number of rotatable bonds is 5. The Labute approximate surface area is 163 Å². The summed E-state index contributed by atoms with van der Waals surface area (Å²) in [5.74, 6) is 2.61. The number of hydrogen-bond donors (Lipinski definition) is 2. The summed E-state index contributed by atoms with van der Waals surface area (Å²) in [6.07, 6.45) is 3.72. The van der Waals surface area contributed by atoms with Crippen LogP contribution in [0, 0.1) is 13.8 Å². The van der Waals surface area contributed by atoms with Crippen LogP contribution in [0.4, 0.5) is 17.5 Å². The molecule has 7 heteroatoms. The molecule has 0 unspecified atom stereocenters. The zero-order valence-corrected chi connectivity index (χ0v) is 16.5. The summed E-state index contributed by atoms with van der Waals surface area (Å²) >= 11 is 1.59. The highest BCUT2D eigenvalue weighted by atomic mass is 32.2. The molecule has 2 aromatic heterocycles. The quantitative estimate of drug-likeness (QED) is 0.625. The molecule has 1 saturated heterocycles. The minimum Gasteiger partial charge on any atom is -0.356 e. The van der Waals surface area contributed by atoms with Crippen LogP contribution in [-0.2, 0) is 0 Å². The number of hydrogen-bond acceptors (Lipinski definition) is 6. The molecule has 0 atom stereocenters. The first-order valence-corrected chi connectivity index (χ1v) is 10.2. The third-order valence-electron chi connectivity index (χ3n) is 4.66. The number of benzene rings is 1. The minimum atomic E-state index is 0.752. The van der Waals surface area contributed by atoms with E-state index < -0.39 is 0 Å². The molecule has 4 rings (SSSR count). The number of aryl methyl sites for hydroxylation is 1. The van der Waals surface area contributed by atoms with Gasteiger partial charge in [0.25, 0.3) is 0 Å². The molecule has 1 aliphatic heterocycles. The van der Waals surface area contributed by atoms with Crippen LogP contribution in [0.5, 0.6) is 0 Å². The van der Waals surface area contributed by atoms with Crippen molar-refractivity contribution in [3.63, 3.8) is 0 Å². The fourth-order valence-corrected chi connectivity index (χ4v) is 4.04. The van der Waals surface area contributed by atoms with E-state index in [2.05, 4.69) is 39.5 Å². The highest BCUT2D eigenvalue weighted by molar-refractivity contribution is 7.99. The van der Waals surface area contributed by atoms with Crippen molar-refractivity contribution in [2.45, 2.75) is 43.2 Å². The summed E-state index contributed by atoms with van der Waals surface area (Å²) in [7, 11) is 0. The topological polar surface area (TPSA) is 69.7 Å². The maximum atomic E-state index is 4.91. The maximum absolute atomic E-state index is 4.91. The van der Waals surface area contributed by atoms with E-state index in [0.717, 1.165) is 51.9 Å². The van der Waals surface area contributed by atoms with Gasteiger partial charge in [-0.1, -0.05) is 18.2 Å². The van der Waals surface area contributed by atoms with Crippen LogP contribution in [0.15, 0.2) is 46.5 Å². The molecule has 1 aliphatic rings. The number of nitrogens with one attached hydrogen (secondary N) is 2. The Kier molecular flexibility index (Phi) is 5.29. The van der Waals surface area contributed by atoms with Crippen LogP contribution in [0.1, 0.15) is 30.5 Å². The van der Waals surface area contributed by atoms with Gasteiger partial charge in [0, 0.05) is 35.3 Å². The monoisotopic (exact) mass is 380 g/mol. The molecule has 0 saturated carbocycles. The molecule has 0 amide bonds. The van der Waals surface area contributed by atoms with Crippen LogP contribution >= 0.6 is 11.8 Å². The highest BCUT2D eigenvalue weighted by Crippen LogP contribution is 2.33. The van der Waals surface area contributed by atoms with Gasteiger partial charge in [-0.3, -0.25) is 5.10 Å². The Morgan fingerprint density at radius 1 is 1.04 bits per heavy atom. The molecule has 2 N–H and O–H groups in total. The first-order valence-electron chi connectivity index (χ1n) is 9.34. The third-order valence-corrected chi connectivity index (χ3v) is 5.53. The van der Waals surface area contributed by atoms with Gasteiger partial charge in [0.2, 0.25) is 0 Å². The van der Waals surface area contributed by atoms with Gasteiger partial charge in [0.15, 0.2) is 11.0 Å². The number of piperidine rings is 1. The van der Waals surface area contributed by atoms with E-state index >= 15 is 0 Å². The predicted molar refractivity (Wildman–Crippen MR) is 110 cm³/mol. The Hall–Kier alpha value is -2.54.